The first-order chi connectivity index (χ1) is 10.8. The van der Waals surface area contributed by atoms with Gasteiger partial charge in [-0.05, 0) is 24.3 Å². The van der Waals surface area contributed by atoms with Crippen LogP contribution in [0.3, 0.4) is 0 Å². The van der Waals surface area contributed by atoms with E-state index in [1.165, 1.54) is 6.07 Å². The minimum atomic E-state index is -0.993. The highest BCUT2D eigenvalue weighted by molar-refractivity contribution is 5.98. The number of fused-ring (bicyclic) bond motifs is 1. The fourth-order valence-corrected chi connectivity index (χ4v) is 2.17. The van der Waals surface area contributed by atoms with Crippen molar-refractivity contribution in [1.29, 1.82) is 0 Å². The van der Waals surface area contributed by atoms with Crippen molar-refractivity contribution in [3.63, 3.8) is 0 Å². The third-order valence-electron chi connectivity index (χ3n) is 3.23. The summed E-state index contributed by atoms with van der Waals surface area (Å²) in [6.45, 7) is 0. The molecule has 23 heavy (non-hydrogen) atoms. The van der Waals surface area contributed by atoms with Crippen molar-refractivity contribution >= 4 is 41.2 Å². The second kappa shape index (κ2) is 7.38. The number of hydrogen-bond donors (Lipinski definition) is 2. The largest absolute Gasteiger partial charge is 0.478 e. The van der Waals surface area contributed by atoms with E-state index in [4.69, 9.17) is 5.11 Å². The molecule has 3 rings (SSSR count). The summed E-state index contributed by atoms with van der Waals surface area (Å²) in [5, 5.41) is 14.3. The first-order valence-corrected chi connectivity index (χ1v) is 6.71. The molecule has 0 bridgehead atoms. The van der Waals surface area contributed by atoms with Crippen molar-refractivity contribution in [1.82, 2.24) is 4.98 Å². The first-order valence-electron chi connectivity index (χ1n) is 6.71. The van der Waals surface area contributed by atoms with Gasteiger partial charge in [0.1, 0.15) is 0 Å². The van der Waals surface area contributed by atoms with E-state index in [1.807, 2.05) is 30.3 Å². The van der Waals surface area contributed by atoms with Crippen LogP contribution in [0.4, 0.5) is 5.69 Å². The van der Waals surface area contributed by atoms with Gasteiger partial charge in [0.05, 0.1) is 23.0 Å². The monoisotopic (exact) mass is 327 g/mol. The number of rotatable bonds is 4. The van der Waals surface area contributed by atoms with Gasteiger partial charge in [-0.3, -0.25) is 10.4 Å². The number of pyridine rings is 1. The van der Waals surface area contributed by atoms with Gasteiger partial charge >= 0.3 is 5.97 Å². The van der Waals surface area contributed by atoms with Crippen LogP contribution in [-0.4, -0.2) is 22.3 Å². The number of anilines is 1. The Bertz CT molecular complexity index is 860. The lowest BCUT2D eigenvalue weighted by Crippen LogP contribution is -2.02. The molecule has 0 saturated heterocycles. The van der Waals surface area contributed by atoms with E-state index in [0.29, 0.717) is 5.69 Å². The molecule has 2 aromatic carbocycles. The highest BCUT2D eigenvalue weighted by Crippen LogP contribution is 2.16. The van der Waals surface area contributed by atoms with Crippen LogP contribution in [0.2, 0.25) is 0 Å². The third kappa shape index (κ3) is 3.64. The molecule has 5 nitrogen and oxygen atoms in total. The normalized spacial score (nSPS) is 10.4. The van der Waals surface area contributed by atoms with Crippen molar-refractivity contribution in [3.05, 3.63) is 71.9 Å². The summed E-state index contributed by atoms with van der Waals surface area (Å²) in [6.07, 6.45) is 3.37. The van der Waals surface area contributed by atoms with Crippen LogP contribution in [0.1, 0.15) is 15.9 Å². The van der Waals surface area contributed by atoms with Gasteiger partial charge in [-0.25, -0.2) is 4.79 Å². The molecule has 0 aliphatic carbocycles. The molecular weight excluding hydrogens is 314 g/mol. The summed E-state index contributed by atoms with van der Waals surface area (Å²) in [5.74, 6) is -0.993. The topological polar surface area (TPSA) is 74.6 Å². The first kappa shape index (κ1) is 16.5. The maximum atomic E-state index is 11.1. The number of nitrogens with zero attached hydrogens (tertiary/aromatic N) is 2. The Labute approximate surface area is 139 Å². The van der Waals surface area contributed by atoms with Crippen LogP contribution < -0.4 is 5.43 Å². The van der Waals surface area contributed by atoms with Gasteiger partial charge in [0.2, 0.25) is 0 Å². The zero-order valence-corrected chi connectivity index (χ0v) is 12.8. The summed E-state index contributed by atoms with van der Waals surface area (Å²) in [4.78, 5) is 15.4. The predicted octanol–water partition coefficient (Wildman–Crippen LogP) is 3.80. The molecule has 0 radical (unpaired) electrons. The Morgan fingerprint density at radius 2 is 1.83 bits per heavy atom. The van der Waals surface area contributed by atoms with Gasteiger partial charge in [-0.2, -0.15) is 5.10 Å². The van der Waals surface area contributed by atoms with Crippen molar-refractivity contribution in [3.8, 4) is 0 Å². The SMILES string of the molecule is Cl.O=C(O)c1ccccc1N/N=C/c1ccnc2ccccc12. The van der Waals surface area contributed by atoms with Gasteiger partial charge in [-0.1, -0.05) is 30.3 Å². The van der Waals surface area contributed by atoms with Crippen molar-refractivity contribution in [2.75, 3.05) is 5.43 Å². The van der Waals surface area contributed by atoms with E-state index in [2.05, 4.69) is 15.5 Å². The van der Waals surface area contributed by atoms with Crippen LogP contribution in [0.5, 0.6) is 0 Å². The predicted molar refractivity (Wildman–Crippen MR) is 93.6 cm³/mol. The van der Waals surface area contributed by atoms with Crippen molar-refractivity contribution < 1.29 is 9.90 Å². The number of aromatic nitrogens is 1. The molecule has 0 atom stereocenters. The smallest absolute Gasteiger partial charge is 0.337 e. The number of carbonyl (C=O) groups is 1. The molecule has 116 valence electrons. The summed E-state index contributed by atoms with van der Waals surface area (Å²) in [7, 11) is 0. The molecule has 1 heterocycles. The minimum absolute atomic E-state index is 0. The number of carboxylic acids is 1. The number of carboxylic acid groups (broad SMARTS) is 1. The molecule has 0 amide bonds. The van der Waals surface area contributed by atoms with E-state index in [1.54, 1.807) is 30.6 Å². The lowest BCUT2D eigenvalue weighted by Gasteiger charge is -2.04. The van der Waals surface area contributed by atoms with Gasteiger partial charge < -0.3 is 5.11 Å². The Kier molecular flexibility index (Phi) is 5.28. The summed E-state index contributed by atoms with van der Waals surface area (Å²) >= 11 is 0. The molecule has 0 fully saturated rings. The van der Waals surface area contributed by atoms with Gasteiger partial charge in [0.25, 0.3) is 0 Å². The van der Waals surface area contributed by atoms with Crippen LogP contribution >= 0.6 is 12.4 Å². The van der Waals surface area contributed by atoms with Gasteiger partial charge in [-0.15, -0.1) is 12.4 Å². The molecule has 3 aromatic rings. The fraction of sp³-hybridized carbons (Fsp3) is 0. The Balaban J connectivity index is 0.00000192. The zero-order valence-electron chi connectivity index (χ0n) is 12.0. The molecule has 0 aliphatic heterocycles. The maximum absolute atomic E-state index is 11.1. The van der Waals surface area contributed by atoms with E-state index < -0.39 is 5.97 Å². The molecule has 1 aromatic heterocycles. The van der Waals surface area contributed by atoms with Crippen LogP contribution in [-0.2, 0) is 0 Å². The zero-order chi connectivity index (χ0) is 15.4. The minimum Gasteiger partial charge on any atom is -0.478 e. The number of para-hydroxylation sites is 2. The molecule has 0 saturated carbocycles. The van der Waals surface area contributed by atoms with Crippen LogP contribution in [0.15, 0.2) is 65.9 Å². The van der Waals surface area contributed by atoms with Crippen molar-refractivity contribution in [2.45, 2.75) is 0 Å². The molecular formula is C17H14ClN3O2. The van der Waals surface area contributed by atoms with Crippen LogP contribution in [0.25, 0.3) is 10.9 Å². The number of aromatic carboxylic acids is 1. The summed E-state index contributed by atoms with van der Waals surface area (Å²) in [6, 6.07) is 16.3. The van der Waals surface area contributed by atoms with E-state index in [0.717, 1.165) is 16.5 Å². The molecule has 0 spiro atoms. The number of halogens is 1. The van der Waals surface area contributed by atoms with Crippen molar-refractivity contribution in [2.24, 2.45) is 5.10 Å². The second-order valence-electron chi connectivity index (χ2n) is 4.64. The molecule has 0 aliphatic rings. The Morgan fingerprint density at radius 3 is 2.65 bits per heavy atom. The quantitative estimate of drug-likeness (QED) is 0.564. The standard InChI is InChI=1S/C17H13N3O2.ClH/c21-17(22)14-6-2-4-8-16(14)20-19-11-12-9-10-18-15-7-3-1-5-13(12)15;/h1-11,20H,(H,21,22);1H/b19-11+;. The number of hydrogen-bond acceptors (Lipinski definition) is 4. The Morgan fingerprint density at radius 1 is 1.09 bits per heavy atom. The second-order valence-corrected chi connectivity index (χ2v) is 4.64. The lowest BCUT2D eigenvalue weighted by molar-refractivity contribution is 0.0698. The van der Waals surface area contributed by atoms with E-state index in [-0.39, 0.29) is 18.0 Å². The third-order valence-corrected chi connectivity index (χ3v) is 3.23. The fourth-order valence-electron chi connectivity index (χ4n) is 2.17. The van der Waals surface area contributed by atoms with E-state index in [9.17, 15) is 4.79 Å². The molecule has 6 heteroatoms. The van der Waals surface area contributed by atoms with Crippen LogP contribution in [0, 0.1) is 0 Å². The average Bonchev–Trinajstić information content (AvgIpc) is 2.55. The summed E-state index contributed by atoms with van der Waals surface area (Å²) < 4.78 is 0. The van der Waals surface area contributed by atoms with E-state index >= 15 is 0 Å². The highest BCUT2D eigenvalue weighted by atomic mass is 35.5. The number of benzene rings is 2. The number of nitrogens with one attached hydrogen (secondary N) is 1. The summed E-state index contributed by atoms with van der Waals surface area (Å²) in [5.41, 5.74) is 5.20. The molecule has 2 N–H and O–H groups in total. The number of hydrazone groups is 1. The average molecular weight is 328 g/mol. The highest BCUT2D eigenvalue weighted by Gasteiger charge is 2.07. The molecule has 0 unspecified atom stereocenters. The Hall–Kier alpha value is -2.92. The lowest BCUT2D eigenvalue weighted by atomic mass is 10.1. The maximum Gasteiger partial charge on any atom is 0.337 e. The van der Waals surface area contributed by atoms with Gasteiger partial charge in [0.15, 0.2) is 0 Å². The van der Waals surface area contributed by atoms with Gasteiger partial charge in [0, 0.05) is 17.1 Å².